The maximum atomic E-state index is 4.45. The molecule has 0 amide bonds. The zero-order valence-corrected chi connectivity index (χ0v) is 9.15. The summed E-state index contributed by atoms with van der Waals surface area (Å²) in [6, 6.07) is 12.7. The van der Waals surface area contributed by atoms with Crippen LogP contribution in [0.3, 0.4) is 0 Å². The summed E-state index contributed by atoms with van der Waals surface area (Å²) in [7, 11) is 0. The van der Waals surface area contributed by atoms with Gasteiger partial charge >= 0.3 is 82.1 Å². The fraction of sp³-hybridized carbons (Fsp3) is 0.100. The van der Waals surface area contributed by atoms with Crippen molar-refractivity contribution >= 4 is 20.7 Å². The second-order valence-electron chi connectivity index (χ2n) is 2.70. The van der Waals surface area contributed by atoms with Gasteiger partial charge in [0.1, 0.15) is 0 Å². The second-order valence-corrected chi connectivity index (χ2v) is 5.00. The number of nitrogens with zero attached hydrogens (tertiary/aromatic N) is 1. The third-order valence-corrected chi connectivity index (χ3v) is 4.34. The molecule has 0 aliphatic carbocycles. The number of aryl methyl sites for hydroxylation is 1. The summed E-state index contributed by atoms with van der Waals surface area (Å²) in [5, 5.41) is 0. The van der Waals surface area contributed by atoms with Gasteiger partial charge in [-0.25, -0.2) is 0 Å². The summed E-state index contributed by atoms with van der Waals surface area (Å²) < 4.78 is 5.90. The van der Waals surface area contributed by atoms with E-state index in [1.165, 1.54) is 14.8 Å². The van der Waals surface area contributed by atoms with E-state index in [9.17, 15) is 0 Å². The van der Waals surface area contributed by atoms with E-state index in [4.69, 9.17) is 0 Å². The maximum absolute atomic E-state index is 4.45. The Labute approximate surface area is 82.1 Å². The van der Waals surface area contributed by atoms with Crippen LogP contribution in [0.1, 0.15) is 5.69 Å². The van der Waals surface area contributed by atoms with Crippen LogP contribution >= 0.6 is 0 Å². The van der Waals surface area contributed by atoms with Gasteiger partial charge in [0.25, 0.3) is 0 Å². The summed E-state index contributed by atoms with van der Waals surface area (Å²) >= 11 is -0.264. The van der Waals surface area contributed by atoms with Gasteiger partial charge in [0.15, 0.2) is 0 Å². The molecular weight excluding hydrogens is 262 g/mol. The average Bonchev–Trinajstić information content (AvgIpc) is 2.54. The second kappa shape index (κ2) is 3.43. The quantitative estimate of drug-likeness (QED) is 0.724. The third-order valence-electron chi connectivity index (χ3n) is 1.69. The fourth-order valence-electron chi connectivity index (χ4n) is 1.10. The van der Waals surface area contributed by atoms with Gasteiger partial charge in [0.2, 0.25) is 0 Å². The third kappa shape index (κ3) is 1.60. The molecule has 1 aromatic heterocycles. The number of aromatic nitrogens is 1. The fourth-order valence-corrected chi connectivity index (χ4v) is 3.27. The Balaban J connectivity index is 2.45. The SMILES string of the molecule is Cc1cc(-c2ccccc2)[te]n1. The summed E-state index contributed by atoms with van der Waals surface area (Å²) in [6.07, 6.45) is 0. The predicted molar refractivity (Wildman–Crippen MR) is 51.4 cm³/mol. The van der Waals surface area contributed by atoms with Crippen LogP contribution in [0.2, 0.25) is 0 Å². The van der Waals surface area contributed by atoms with Gasteiger partial charge < -0.3 is 0 Å². The standard InChI is InChI=1S/C10H9NTe/c1-8-7-10(12-11-8)9-5-3-2-4-6-9/h2-7H,1H3. The predicted octanol–water partition coefficient (Wildman–Crippen LogP) is 2.11. The number of rotatable bonds is 1. The van der Waals surface area contributed by atoms with Gasteiger partial charge in [0, 0.05) is 0 Å². The van der Waals surface area contributed by atoms with E-state index in [2.05, 4.69) is 40.5 Å². The summed E-state index contributed by atoms with van der Waals surface area (Å²) in [5.41, 5.74) is 2.54. The molecule has 2 aromatic rings. The van der Waals surface area contributed by atoms with Crippen molar-refractivity contribution in [2.45, 2.75) is 6.92 Å². The summed E-state index contributed by atoms with van der Waals surface area (Å²) in [6.45, 7) is 2.07. The van der Waals surface area contributed by atoms with Crippen molar-refractivity contribution in [3.8, 4) is 9.14 Å². The Morgan fingerprint density at radius 3 is 2.50 bits per heavy atom. The number of hydrogen-bond donors (Lipinski definition) is 0. The molecular formula is C10H9NTe. The van der Waals surface area contributed by atoms with E-state index in [1.54, 1.807) is 0 Å². The molecule has 0 spiro atoms. The molecule has 1 heterocycles. The van der Waals surface area contributed by atoms with E-state index in [1.807, 2.05) is 6.07 Å². The summed E-state index contributed by atoms with van der Waals surface area (Å²) in [4.78, 5) is 0. The topological polar surface area (TPSA) is 12.9 Å². The first kappa shape index (κ1) is 8.04. The normalized spacial score (nSPS) is 10.1. The van der Waals surface area contributed by atoms with Crippen molar-refractivity contribution in [1.82, 2.24) is 3.21 Å². The van der Waals surface area contributed by atoms with E-state index < -0.39 is 0 Å². The first-order chi connectivity index (χ1) is 5.86. The average molecular weight is 271 g/mol. The van der Waals surface area contributed by atoms with E-state index in [0.29, 0.717) is 0 Å². The first-order valence-electron chi connectivity index (χ1n) is 3.85. The molecule has 0 radical (unpaired) electrons. The molecule has 2 rings (SSSR count). The number of hydrogen-bond acceptors (Lipinski definition) is 1. The van der Waals surface area contributed by atoms with Crippen molar-refractivity contribution in [1.29, 1.82) is 0 Å². The Bertz CT molecular complexity index is 364. The van der Waals surface area contributed by atoms with Crippen LogP contribution in [-0.2, 0) is 0 Å². The molecule has 1 aromatic carbocycles. The molecule has 0 unspecified atom stereocenters. The van der Waals surface area contributed by atoms with Gasteiger partial charge in [0.05, 0.1) is 0 Å². The Kier molecular flexibility index (Phi) is 2.30. The van der Waals surface area contributed by atoms with Gasteiger partial charge in [-0.15, -0.1) is 0 Å². The molecule has 0 N–H and O–H groups in total. The van der Waals surface area contributed by atoms with E-state index in [0.717, 1.165) is 0 Å². The molecule has 60 valence electrons. The molecule has 0 atom stereocenters. The molecule has 0 saturated carbocycles. The van der Waals surface area contributed by atoms with Crippen LogP contribution in [0.25, 0.3) is 9.14 Å². The van der Waals surface area contributed by atoms with Gasteiger partial charge in [-0.3, -0.25) is 0 Å². The molecule has 2 heteroatoms. The van der Waals surface area contributed by atoms with Crippen LogP contribution in [-0.4, -0.2) is 23.9 Å². The van der Waals surface area contributed by atoms with Crippen molar-refractivity contribution in [2.75, 3.05) is 0 Å². The van der Waals surface area contributed by atoms with Crippen LogP contribution in [0.5, 0.6) is 0 Å². The van der Waals surface area contributed by atoms with Crippen LogP contribution in [0.15, 0.2) is 36.4 Å². The molecule has 0 saturated heterocycles. The first-order valence-corrected chi connectivity index (χ1v) is 6.06. The number of benzene rings is 1. The Morgan fingerprint density at radius 2 is 1.92 bits per heavy atom. The molecule has 0 aliphatic rings. The molecule has 0 bridgehead atoms. The molecule has 1 nitrogen and oxygen atoms in total. The zero-order valence-electron chi connectivity index (χ0n) is 6.82. The minimum absolute atomic E-state index is 0.264. The van der Waals surface area contributed by atoms with Crippen molar-refractivity contribution in [3.05, 3.63) is 42.1 Å². The van der Waals surface area contributed by atoms with Crippen molar-refractivity contribution < 1.29 is 0 Å². The molecule has 0 aliphatic heterocycles. The Hall–Kier alpha value is -0.580. The molecule has 12 heavy (non-hydrogen) atoms. The van der Waals surface area contributed by atoms with Crippen molar-refractivity contribution in [3.63, 3.8) is 0 Å². The minimum atomic E-state index is -0.264. The van der Waals surface area contributed by atoms with Gasteiger partial charge in [-0.05, 0) is 0 Å². The van der Waals surface area contributed by atoms with E-state index >= 15 is 0 Å². The summed E-state index contributed by atoms with van der Waals surface area (Å²) in [5.74, 6) is 0. The van der Waals surface area contributed by atoms with Crippen LogP contribution in [0.4, 0.5) is 0 Å². The van der Waals surface area contributed by atoms with Crippen LogP contribution < -0.4 is 0 Å². The van der Waals surface area contributed by atoms with Gasteiger partial charge in [-0.2, -0.15) is 0 Å². The van der Waals surface area contributed by atoms with Crippen molar-refractivity contribution in [2.24, 2.45) is 0 Å². The monoisotopic (exact) mass is 273 g/mol. The Morgan fingerprint density at radius 1 is 1.17 bits per heavy atom. The van der Waals surface area contributed by atoms with E-state index in [-0.39, 0.29) is 20.7 Å². The molecule has 0 fully saturated rings. The van der Waals surface area contributed by atoms with Gasteiger partial charge in [-0.1, -0.05) is 0 Å². The zero-order chi connectivity index (χ0) is 8.39. The van der Waals surface area contributed by atoms with Crippen LogP contribution in [0, 0.1) is 6.92 Å².